The molecule has 8 heteroatoms. The molecular weight excluding hydrogens is 412 g/mol. The van der Waals surface area contributed by atoms with Gasteiger partial charge in [0.15, 0.2) is 0 Å². The summed E-state index contributed by atoms with van der Waals surface area (Å²) in [6.45, 7) is 1.04. The predicted molar refractivity (Wildman–Crippen MR) is 119 cm³/mol. The van der Waals surface area contributed by atoms with E-state index in [0.29, 0.717) is 13.2 Å². The highest BCUT2D eigenvalue weighted by Gasteiger charge is 2.27. The smallest absolute Gasteiger partial charge is 0.410 e. The van der Waals surface area contributed by atoms with Crippen LogP contribution in [0.1, 0.15) is 17.5 Å². The molecule has 0 aliphatic carbocycles. The highest BCUT2D eigenvalue weighted by molar-refractivity contribution is 5.80. The Balaban J connectivity index is 1.93. The molecule has 1 atom stereocenters. The molecule has 0 aliphatic heterocycles. The van der Waals surface area contributed by atoms with Crippen molar-refractivity contribution in [3.63, 3.8) is 0 Å². The molecule has 0 aromatic heterocycles. The van der Waals surface area contributed by atoms with E-state index in [1.54, 1.807) is 7.11 Å². The monoisotopic (exact) mass is 442 g/mol. The van der Waals surface area contributed by atoms with Gasteiger partial charge >= 0.3 is 12.1 Å². The fourth-order valence-corrected chi connectivity index (χ4v) is 2.78. The van der Waals surface area contributed by atoms with E-state index in [1.807, 2.05) is 60.7 Å². The lowest BCUT2D eigenvalue weighted by Crippen LogP contribution is -2.38. The Bertz CT molecular complexity index is 844. The van der Waals surface area contributed by atoms with E-state index >= 15 is 0 Å². The number of rotatable bonds is 12. The van der Waals surface area contributed by atoms with Crippen LogP contribution in [0.5, 0.6) is 0 Å². The molecule has 8 nitrogen and oxygen atoms in total. The zero-order valence-electron chi connectivity index (χ0n) is 18.5. The number of hydrogen-bond donors (Lipinski definition) is 1. The third-order valence-electron chi connectivity index (χ3n) is 4.61. The third kappa shape index (κ3) is 9.18. The molecule has 0 spiro atoms. The van der Waals surface area contributed by atoms with Crippen molar-refractivity contribution >= 4 is 18.0 Å². The maximum atomic E-state index is 12.7. The predicted octanol–water partition coefficient (Wildman–Crippen LogP) is 2.56. The number of nitrogens with one attached hydrogen (secondary N) is 1. The molecular formula is C24H30N2O6. The largest absolute Gasteiger partial charge is 0.458 e. The van der Waals surface area contributed by atoms with Crippen molar-refractivity contribution in [3.05, 3.63) is 71.8 Å². The maximum absolute atomic E-state index is 12.7. The minimum atomic E-state index is -1.11. The second-order valence-electron chi connectivity index (χ2n) is 7.17. The van der Waals surface area contributed by atoms with Crippen LogP contribution in [0.4, 0.5) is 4.79 Å². The third-order valence-corrected chi connectivity index (χ3v) is 4.61. The Morgan fingerprint density at radius 3 is 2.22 bits per heavy atom. The average Bonchev–Trinajstić information content (AvgIpc) is 2.82. The van der Waals surface area contributed by atoms with E-state index in [2.05, 4.69) is 5.32 Å². The first kappa shape index (κ1) is 24.9. The van der Waals surface area contributed by atoms with Crippen LogP contribution < -0.4 is 5.32 Å². The minimum absolute atomic E-state index is 0.0833. The highest BCUT2D eigenvalue weighted by Crippen LogP contribution is 2.11. The van der Waals surface area contributed by atoms with Crippen molar-refractivity contribution < 1.29 is 28.6 Å². The van der Waals surface area contributed by atoms with Crippen molar-refractivity contribution in [2.45, 2.75) is 25.6 Å². The Morgan fingerprint density at radius 2 is 1.59 bits per heavy atom. The number of ether oxygens (including phenoxy) is 3. The van der Waals surface area contributed by atoms with E-state index < -0.39 is 18.2 Å². The van der Waals surface area contributed by atoms with E-state index in [1.165, 1.54) is 11.9 Å². The molecule has 0 aliphatic rings. The second-order valence-corrected chi connectivity index (χ2v) is 7.17. The van der Waals surface area contributed by atoms with Crippen molar-refractivity contribution in [2.75, 3.05) is 33.9 Å². The molecule has 1 N–H and O–H groups in total. The number of benzene rings is 2. The van der Waals surface area contributed by atoms with Gasteiger partial charge in [0.25, 0.3) is 0 Å². The summed E-state index contributed by atoms with van der Waals surface area (Å²) in [6.07, 6.45) is -1.51. The van der Waals surface area contributed by atoms with Crippen LogP contribution in [0.3, 0.4) is 0 Å². The van der Waals surface area contributed by atoms with Gasteiger partial charge in [-0.1, -0.05) is 60.7 Å². The standard InChI is InChI=1S/C24H30N2O6/c1-26(15-13-22(27)25-14-16-30-2)24(29)32-21(17-19-9-5-3-6-10-19)23(28)31-18-20-11-7-4-8-12-20/h3-12,21H,13-18H2,1-2H3,(H,25,27)/t21-/m0/s1. The molecule has 0 unspecified atom stereocenters. The van der Waals surface area contributed by atoms with Crippen LogP contribution in [-0.2, 0) is 36.8 Å². The second kappa shape index (κ2) is 13.8. The molecule has 0 fully saturated rings. The van der Waals surface area contributed by atoms with Crippen LogP contribution in [0, 0.1) is 0 Å². The van der Waals surface area contributed by atoms with Gasteiger partial charge in [-0.05, 0) is 11.1 Å². The van der Waals surface area contributed by atoms with Gasteiger partial charge in [-0.3, -0.25) is 4.79 Å². The Morgan fingerprint density at radius 1 is 0.969 bits per heavy atom. The van der Waals surface area contributed by atoms with Crippen LogP contribution in [0.2, 0.25) is 0 Å². The van der Waals surface area contributed by atoms with E-state index in [-0.39, 0.29) is 31.9 Å². The van der Waals surface area contributed by atoms with Crippen LogP contribution in [-0.4, -0.2) is 62.8 Å². The molecule has 0 saturated heterocycles. The number of esters is 1. The summed E-state index contributed by atoms with van der Waals surface area (Å²) in [5.41, 5.74) is 1.67. The Hall–Kier alpha value is -3.39. The summed E-state index contributed by atoms with van der Waals surface area (Å²) in [7, 11) is 3.06. The molecule has 0 saturated carbocycles. The Labute approximate surface area is 188 Å². The molecule has 2 rings (SSSR count). The van der Waals surface area contributed by atoms with E-state index in [4.69, 9.17) is 14.2 Å². The zero-order valence-corrected chi connectivity index (χ0v) is 18.5. The van der Waals surface area contributed by atoms with Gasteiger partial charge < -0.3 is 24.4 Å². The summed E-state index contributed by atoms with van der Waals surface area (Å²) in [6, 6.07) is 18.5. The number of methoxy groups -OCH3 is 1. The number of nitrogens with zero attached hydrogens (tertiary/aromatic N) is 1. The van der Waals surface area contributed by atoms with E-state index in [0.717, 1.165) is 11.1 Å². The first-order chi connectivity index (χ1) is 15.5. The van der Waals surface area contributed by atoms with E-state index in [9.17, 15) is 14.4 Å². The van der Waals surface area contributed by atoms with Crippen molar-refractivity contribution in [1.82, 2.24) is 10.2 Å². The fourth-order valence-electron chi connectivity index (χ4n) is 2.78. The lowest BCUT2D eigenvalue weighted by molar-refractivity contribution is -0.155. The minimum Gasteiger partial charge on any atom is -0.458 e. The Kier molecular flexibility index (Phi) is 10.7. The molecule has 32 heavy (non-hydrogen) atoms. The van der Waals surface area contributed by atoms with Gasteiger partial charge in [-0.15, -0.1) is 0 Å². The summed E-state index contributed by atoms with van der Waals surface area (Å²) in [4.78, 5) is 38.3. The molecule has 0 bridgehead atoms. The van der Waals surface area contributed by atoms with Gasteiger partial charge in [-0.25, -0.2) is 9.59 Å². The summed E-state index contributed by atoms with van der Waals surface area (Å²) < 4.78 is 15.7. The molecule has 172 valence electrons. The zero-order chi connectivity index (χ0) is 23.2. The molecule has 2 amide bonds. The molecule has 2 aromatic rings. The van der Waals surface area contributed by atoms with Gasteiger partial charge in [0.2, 0.25) is 12.0 Å². The first-order valence-electron chi connectivity index (χ1n) is 10.4. The number of amides is 2. The molecule has 2 aromatic carbocycles. The quantitative estimate of drug-likeness (QED) is 0.401. The molecule has 0 radical (unpaired) electrons. The van der Waals surface area contributed by atoms with Crippen molar-refractivity contribution in [2.24, 2.45) is 0 Å². The highest BCUT2D eigenvalue weighted by atomic mass is 16.6. The topological polar surface area (TPSA) is 94.2 Å². The number of carbonyl (C=O) groups excluding carboxylic acids is 3. The molecule has 0 heterocycles. The average molecular weight is 443 g/mol. The number of hydrogen-bond acceptors (Lipinski definition) is 6. The lowest BCUT2D eigenvalue weighted by atomic mass is 10.1. The number of carbonyl (C=O) groups is 3. The van der Waals surface area contributed by atoms with Crippen LogP contribution in [0.25, 0.3) is 0 Å². The van der Waals surface area contributed by atoms with Crippen molar-refractivity contribution in [3.8, 4) is 0 Å². The fraction of sp³-hybridized carbons (Fsp3) is 0.375. The van der Waals surface area contributed by atoms with Crippen LogP contribution in [0.15, 0.2) is 60.7 Å². The lowest BCUT2D eigenvalue weighted by Gasteiger charge is -2.22. The maximum Gasteiger partial charge on any atom is 0.410 e. The van der Waals surface area contributed by atoms with Gasteiger partial charge in [0, 0.05) is 40.1 Å². The van der Waals surface area contributed by atoms with Gasteiger partial charge in [0.1, 0.15) is 6.61 Å². The van der Waals surface area contributed by atoms with Crippen LogP contribution >= 0.6 is 0 Å². The normalized spacial score (nSPS) is 11.3. The summed E-state index contributed by atoms with van der Waals surface area (Å²) >= 11 is 0. The van der Waals surface area contributed by atoms with Crippen molar-refractivity contribution in [1.29, 1.82) is 0 Å². The summed E-state index contributed by atoms with van der Waals surface area (Å²) in [5, 5.41) is 2.69. The summed E-state index contributed by atoms with van der Waals surface area (Å²) in [5.74, 6) is -0.832. The van der Waals surface area contributed by atoms with Gasteiger partial charge in [0.05, 0.1) is 6.61 Å². The SMILES string of the molecule is COCCNC(=O)CCN(C)C(=O)O[C@@H](Cc1ccccc1)C(=O)OCc1ccccc1. The van der Waals surface area contributed by atoms with Gasteiger partial charge in [-0.2, -0.15) is 0 Å². The first-order valence-corrected chi connectivity index (χ1v) is 10.4.